The second-order valence-electron chi connectivity index (χ2n) is 12.4. The van der Waals surface area contributed by atoms with Crippen LogP contribution in [0, 0.1) is 0 Å². The van der Waals surface area contributed by atoms with Gasteiger partial charge < -0.3 is 58.3 Å². The predicted molar refractivity (Wildman–Crippen MR) is 187 cm³/mol. The van der Waals surface area contributed by atoms with Gasteiger partial charge in [-0.25, -0.2) is 9.59 Å². The number of carbonyl (C=O) groups is 2. The minimum Gasteiger partial charge on any atom is -0.478 e. The number of hydrogen-bond acceptors (Lipinski definition) is 12. The topological polar surface area (TPSA) is 189 Å². The first-order valence-corrected chi connectivity index (χ1v) is 16.7. The first-order chi connectivity index (χ1) is 22.7. The van der Waals surface area contributed by atoms with Crippen molar-refractivity contribution in [3.05, 3.63) is 24.3 Å². The summed E-state index contributed by atoms with van der Waals surface area (Å²) in [5.74, 6) is -1.87. The van der Waals surface area contributed by atoms with Crippen LogP contribution < -0.4 is 0 Å². The first kappa shape index (κ1) is 51.4. The Bertz CT molecular complexity index is 804. The fraction of sp³-hybridized carbons (Fsp3) is 0.829. The molecular weight excluding hydrogens is 644 g/mol. The smallest absolute Gasteiger partial charge is 0.330 e. The van der Waals surface area contributed by atoms with Crippen LogP contribution in [-0.4, -0.2) is 147 Å². The van der Waals surface area contributed by atoms with Crippen LogP contribution in [0.4, 0.5) is 0 Å². The third kappa shape index (κ3) is 38.7. The maximum atomic E-state index is 9.60. The van der Waals surface area contributed by atoms with Crippen molar-refractivity contribution >= 4 is 11.9 Å². The molecule has 9 atom stereocenters. The van der Waals surface area contributed by atoms with Gasteiger partial charge in [-0.15, -0.1) is 0 Å². The molecule has 0 saturated carbocycles. The SMILES string of the molecule is C=C(C)C(=O)O.C=C(C)C(=O)O.CC(O)COC(C)COC(C)COC(C)COC(C)COC(C)COC(C)COC(C)COC(C)CO. The molecule has 0 amide bonds. The van der Waals surface area contributed by atoms with E-state index in [1.807, 2.05) is 55.4 Å². The molecule has 0 aromatic carbocycles. The highest BCUT2D eigenvalue weighted by Gasteiger charge is 2.14. The molecule has 0 aliphatic rings. The average Bonchev–Trinajstić information content (AvgIpc) is 3.04. The lowest BCUT2D eigenvalue weighted by atomic mass is 10.3. The van der Waals surface area contributed by atoms with Gasteiger partial charge in [0.15, 0.2) is 0 Å². The Morgan fingerprint density at radius 2 is 0.612 bits per heavy atom. The van der Waals surface area contributed by atoms with Crippen molar-refractivity contribution in [2.45, 2.75) is 131 Å². The molecule has 0 fully saturated rings. The Morgan fingerprint density at radius 1 is 0.449 bits per heavy atom. The van der Waals surface area contributed by atoms with E-state index in [0.717, 1.165) is 0 Å². The normalized spacial score (nSPS) is 16.6. The third-order valence-corrected chi connectivity index (χ3v) is 5.92. The molecule has 9 unspecified atom stereocenters. The summed E-state index contributed by atoms with van der Waals surface area (Å²) in [6, 6.07) is 0. The van der Waals surface area contributed by atoms with E-state index in [-0.39, 0.29) is 66.6 Å². The second-order valence-corrected chi connectivity index (χ2v) is 12.4. The van der Waals surface area contributed by atoms with Crippen LogP contribution in [0.25, 0.3) is 0 Å². The van der Waals surface area contributed by atoms with Crippen molar-refractivity contribution in [1.29, 1.82) is 0 Å². The Labute approximate surface area is 294 Å². The van der Waals surface area contributed by atoms with Gasteiger partial charge in [-0.1, -0.05) is 13.2 Å². The van der Waals surface area contributed by atoms with E-state index in [9.17, 15) is 14.7 Å². The Morgan fingerprint density at radius 3 is 0.755 bits per heavy atom. The van der Waals surface area contributed by atoms with Crippen LogP contribution >= 0.6 is 0 Å². The van der Waals surface area contributed by atoms with Gasteiger partial charge in [-0.3, -0.25) is 0 Å². The molecule has 292 valence electrons. The zero-order valence-corrected chi connectivity index (χ0v) is 31.8. The zero-order valence-electron chi connectivity index (χ0n) is 31.8. The quantitative estimate of drug-likeness (QED) is 0.0898. The summed E-state index contributed by atoms with van der Waals surface area (Å²) in [5, 5.41) is 34.0. The van der Waals surface area contributed by atoms with Crippen molar-refractivity contribution in [2.75, 3.05) is 59.5 Å². The van der Waals surface area contributed by atoms with E-state index >= 15 is 0 Å². The van der Waals surface area contributed by atoms with Crippen molar-refractivity contribution in [1.82, 2.24) is 0 Å². The van der Waals surface area contributed by atoms with Gasteiger partial charge in [0, 0.05) is 11.1 Å². The molecule has 0 aromatic rings. The summed E-state index contributed by atoms with van der Waals surface area (Å²) in [6.45, 7) is 29.9. The molecule has 14 nitrogen and oxygen atoms in total. The molecule has 0 spiro atoms. The molecule has 49 heavy (non-hydrogen) atoms. The van der Waals surface area contributed by atoms with Gasteiger partial charge in [0.25, 0.3) is 0 Å². The van der Waals surface area contributed by atoms with Gasteiger partial charge in [0.1, 0.15) is 0 Å². The van der Waals surface area contributed by atoms with Crippen molar-refractivity contribution in [3.8, 4) is 0 Å². The summed E-state index contributed by atoms with van der Waals surface area (Å²) in [7, 11) is 0. The summed E-state index contributed by atoms with van der Waals surface area (Å²) in [4.78, 5) is 19.2. The largest absolute Gasteiger partial charge is 0.478 e. The fourth-order valence-electron chi connectivity index (χ4n) is 2.79. The van der Waals surface area contributed by atoms with E-state index in [4.69, 9.17) is 53.2 Å². The zero-order chi connectivity index (χ0) is 38.5. The number of rotatable bonds is 27. The van der Waals surface area contributed by atoms with E-state index in [1.165, 1.54) is 13.8 Å². The molecule has 0 aliphatic carbocycles. The molecule has 0 heterocycles. The molecule has 0 radical (unpaired) electrons. The third-order valence-electron chi connectivity index (χ3n) is 5.92. The minimum absolute atomic E-state index is 0.00142. The van der Waals surface area contributed by atoms with Crippen molar-refractivity contribution in [2.24, 2.45) is 0 Å². The summed E-state index contributed by atoms with van der Waals surface area (Å²) in [5.41, 5.74) is 0.352. The standard InChI is InChI=1S/C27H56O10.2C4H6O2/c1-19(29)11-30-21(3)13-32-23(5)15-34-25(7)17-36-27(9)18-37-26(8)16-35-24(6)14-33-22(4)12-31-20(2)10-28;2*1-3(2)4(5)6/h19-29H,10-18H2,1-9H3;2*1H2,2H3,(H,5,6). The maximum Gasteiger partial charge on any atom is 0.330 e. The molecule has 14 heteroatoms. The number of aliphatic hydroxyl groups is 2. The molecule has 0 aromatic heterocycles. The van der Waals surface area contributed by atoms with E-state index < -0.39 is 18.0 Å². The second kappa shape index (κ2) is 32.0. The van der Waals surface area contributed by atoms with Crippen LogP contribution in [0.5, 0.6) is 0 Å². The van der Waals surface area contributed by atoms with Gasteiger partial charge in [-0.05, 0) is 76.2 Å². The van der Waals surface area contributed by atoms with Gasteiger partial charge in [0.2, 0.25) is 0 Å². The highest BCUT2D eigenvalue weighted by atomic mass is 16.6. The van der Waals surface area contributed by atoms with Crippen LogP contribution in [0.2, 0.25) is 0 Å². The van der Waals surface area contributed by atoms with Gasteiger partial charge in [-0.2, -0.15) is 0 Å². The molecule has 0 rings (SSSR count). The predicted octanol–water partition coefficient (Wildman–Crippen LogP) is 3.89. The number of ether oxygens (including phenoxy) is 8. The fourth-order valence-corrected chi connectivity index (χ4v) is 2.79. The molecule has 0 bridgehead atoms. The number of carboxylic acids is 2. The highest BCUT2D eigenvalue weighted by molar-refractivity contribution is 5.85. The van der Waals surface area contributed by atoms with Crippen molar-refractivity contribution < 1.29 is 67.9 Å². The van der Waals surface area contributed by atoms with E-state index in [2.05, 4.69) is 13.2 Å². The van der Waals surface area contributed by atoms with Crippen LogP contribution in [0.15, 0.2) is 24.3 Å². The lowest BCUT2D eigenvalue weighted by molar-refractivity contribution is -0.133. The molecule has 0 saturated heterocycles. The van der Waals surface area contributed by atoms with Crippen LogP contribution in [-0.2, 0) is 47.5 Å². The molecule has 0 aliphatic heterocycles. The van der Waals surface area contributed by atoms with Crippen LogP contribution in [0.3, 0.4) is 0 Å². The lowest BCUT2D eigenvalue weighted by Gasteiger charge is -2.23. The Balaban J connectivity index is -0.00000149. The summed E-state index contributed by atoms with van der Waals surface area (Å²) >= 11 is 0. The van der Waals surface area contributed by atoms with Crippen LogP contribution in [0.1, 0.15) is 76.2 Å². The van der Waals surface area contributed by atoms with Gasteiger partial charge >= 0.3 is 11.9 Å². The number of aliphatic hydroxyl groups excluding tert-OH is 2. The minimum atomic E-state index is -0.935. The molecule has 4 N–H and O–H groups in total. The number of aliphatic carboxylic acids is 2. The average molecular weight is 713 g/mol. The number of hydrogen-bond donors (Lipinski definition) is 4. The highest BCUT2D eigenvalue weighted by Crippen LogP contribution is 2.05. The van der Waals surface area contributed by atoms with Gasteiger partial charge in [0.05, 0.1) is 114 Å². The van der Waals surface area contributed by atoms with Crippen molar-refractivity contribution in [3.63, 3.8) is 0 Å². The monoisotopic (exact) mass is 712 g/mol. The maximum absolute atomic E-state index is 9.60. The molecular formula is C35H68O14. The Hall–Kier alpha value is -1.98. The van der Waals surface area contributed by atoms with E-state index in [1.54, 1.807) is 6.92 Å². The number of carboxylic acid groups (broad SMARTS) is 2. The lowest BCUT2D eigenvalue weighted by Crippen LogP contribution is -2.30. The Kier molecular flexibility index (Phi) is 33.5. The van der Waals surface area contributed by atoms with E-state index in [0.29, 0.717) is 52.9 Å². The summed E-state index contributed by atoms with van der Waals surface area (Å²) in [6.07, 6.45) is -1.18. The summed E-state index contributed by atoms with van der Waals surface area (Å²) < 4.78 is 45.8. The first-order valence-electron chi connectivity index (χ1n) is 16.7.